The van der Waals surface area contributed by atoms with E-state index in [1.54, 1.807) is 0 Å². The topological polar surface area (TPSA) is 88.9 Å². The summed E-state index contributed by atoms with van der Waals surface area (Å²) in [5.74, 6) is 1.06. The molecule has 7 rings (SSSR count). The summed E-state index contributed by atoms with van der Waals surface area (Å²) in [5.41, 5.74) is 8.88. The largest absolute Gasteiger partial charge is 0.481 e. The second-order valence-corrected chi connectivity index (χ2v) is 14.6. The SMILES string of the molecule is Cc1nc(C)c(-c2ccc3c(c2)CCN(c2ccnc(N4C5CCC4CN(C)C5)n2)C3)c(N2CCC(C)(C)CC2)c1CC(=O)O. The maximum Gasteiger partial charge on any atom is 0.307 e. The highest BCUT2D eigenvalue weighted by Crippen LogP contribution is 2.42. The molecule has 2 unspecified atom stereocenters. The lowest BCUT2D eigenvalue weighted by Gasteiger charge is -2.40. The van der Waals surface area contributed by atoms with E-state index < -0.39 is 5.97 Å². The van der Waals surface area contributed by atoms with Gasteiger partial charge in [0, 0.05) is 80.1 Å². The van der Waals surface area contributed by atoms with Crippen LogP contribution in [0.5, 0.6) is 0 Å². The highest BCUT2D eigenvalue weighted by atomic mass is 16.4. The smallest absolute Gasteiger partial charge is 0.307 e. The second kappa shape index (κ2) is 11.6. The number of aromatic nitrogens is 3. The Morgan fingerprint density at radius 1 is 0.956 bits per heavy atom. The van der Waals surface area contributed by atoms with Gasteiger partial charge >= 0.3 is 5.97 Å². The molecule has 0 spiro atoms. The number of hydrogen-bond donors (Lipinski definition) is 1. The van der Waals surface area contributed by atoms with Gasteiger partial charge in [-0.1, -0.05) is 32.0 Å². The van der Waals surface area contributed by atoms with Gasteiger partial charge in [-0.25, -0.2) is 4.98 Å². The number of benzene rings is 1. The van der Waals surface area contributed by atoms with Crippen LogP contribution in [0.2, 0.25) is 0 Å². The number of carbonyl (C=O) groups is 1. The fourth-order valence-electron chi connectivity index (χ4n) is 8.25. The molecule has 2 atom stereocenters. The number of aryl methyl sites for hydroxylation is 2. The summed E-state index contributed by atoms with van der Waals surface area (Å²) in [7, 11) is 2.22. The number of likely N-dealkylation sites (N-methyl/N-ethyl adjacent to an activating group) is 1. The van der Waals surface area contributed by atoms with E-state index in [9.17, 15) is 9.90 Å². The Kier molecular flexibility index (Phi) is 7.71. The first-order valence-electron chi connectivity index (χ1n) is 16.7. The summed E-state index contributed by atoms with van der Waals surface area (Å²) in [5, 5.41) is 9.87. The molecule has 0 amide bonds. The Morgan fingerprint density at radius 3 is 2.40 bits per heavy atom. The zero-order valence-corrected chi connectivity index (χ0v) is 27.5. The molecule has 0 radical (unpaired) electrons. The quantitative estimate of drug-likeness (QED) is 0.402. The minimum Gasteiger partial charge on any atom is -0.481 e. The van der Waals surface area contributed by atoms with Gasteiger partial charge < -0.3 is 24.7 Å². The van der Waals surface area contributed by atoms with Gasteiger partial charge in [-0.05, 0) is 81.2 Å². The highest BCUT2D eigenvalue weighted by Gasteiger charge is 2.40. The van der Waals surface area contributed by atoms with Crippen molar-refractivity contribution >= 4 is 23.4 Å². The van der Waals surface area contributed by atoms with Crippen LogP contribution < -0.4 is 14.7 Å². The standard InChI is InChI=1S/C36H47N7O2/c1-23-30(19-32(44)45)34(41-16-12-36(3,4)13-17-41)33(24(2)38-23)26-6-7-27-20-42(15-11-25(27)18-26)31-10-14-37-35(39-31)43-28-8-9-29(43)22-40(5)21-28/h6-7,10,14,18,28-29H,8-9,11-13,15-17,19-22H2,1-5H3,(H,44,45). The number of piperidine rings is 1. The molecule has 9 heteroatoms. The number of nitrogens with zero attached hydrogens (tertiary/aromatic N) is 7. The molecule has 2 aromatic heterocycles. The van der Waals surface area contributed by atoms with E-state index in [1.165, 1.54) is 24.0 Å². The van der Waals surface area contributed by atoms with Gasteiger partial charge in [-0.2, -0.15) is 4.98 Å². The third-order valence-corrected chi connectivity index (χ3v) is 10.8. The van der Waals surface area contributed by atoms with Crippen LogP contribution in [0.3, 0.4) is 0 Å². The van der Waals surface area contributed by atoms with Crippen LogP contribution >= 0.6 is 0 Å². The number of fused-ring (bicyclic) bond motifs is 3. The number of rotatable bonds is 6. The molecule has 3 saturated heterocycles. The van der Waals surface area contributed by atoms with E-state index in [1.807, 2.05) is 13.1 Å². The fourth-order valence-corrected chi connectivity index (χ4v) is 8.25. The van der Waals surface area contributed by atoms with E-state index in [-0.39, 0.29) is 6.42 Å². The van der Waals surface area contributed by atoms with Crippen molar-refractivity contribution in [2.75, 3.05) is 54.5 Å². The average molecular weight is 610 g/mol. The zero-order chi connectivity index (χ0) is 31.5. The van der Waals surface area contributed by atoms with E-state index in [0.29, 0.717) is 17.5 Å². The summed E-state index contributed by atoms with van der Waals surface area (Å²) in [6.45, 7) is 14.4. The lowest BCUT2D eigenvalue weighted by Crippen LogP contribution is -2.53. The molecule has 3 aromatic rings. The minimum absolute atomic E-state index is 0.0161. The highest BCUT2D eigenvalue weighted by molar-refractivity contribution is 5.86. The summed E-state index contributed by atoms with van der Waals surface area (Å²) in [4.78, 5) is 36.5. The first kappa shape index (κ1) is 30.0. The van der Waals surface area contributed by atoms with Crippen LogP contribution in [-0.4, -0.2) is 82.8 Å². The number of hydrogen-bond acceptors (Lipinski definition) is 8. The van der Waals surface area contributed by atoms with Crippen molar-refractivity contribution in [2.24, 2.45) is 5.41 Å². The summed E-state index contributed by atoms with van der Waals surface area (Å²) in [6.07, 6.45) is 7.44. The molecule has 9 nitrogen and oxygen atoms in total. The third-order valence-electron chi connectivity index (χ3n) is 10.8. The third kappa shape index (κ3) is 5.75. The van der Waals surface area contributed by atoms with Crippen LogP contribution in [-0.2, 0) is 24.2 Å². The summed E-state index contributed by atoms with van der Waals surface area (Å²) in [6, 6.07) is 9.87. The van der Waals surface area contributed by atoms with Crippen molar-refractivity contribution in [1.82, 2.24) is 19.9 Å². The Morgan fingerprint density at radius 2 is 1.69 bits per heavy atom. The average Bonchev–Trinajstić information content (AvgIpc) is 3.28. The monoisotopic (exact) mass is 609 g/mol. The second-order valence-electron chi connectivity index (χ2n) is 14.6. The molecule has 45 heavy (non-hydrogen) atoms. The maximum atomic E-state index is 12.0. The maximum absolute atomic E-state index is 12.0. The van der Waals surface area contributed by atoms with Crippen LogP contribution in [0, 0.1) is 19.3 Å². The van der Waals surface area contributed by atoms with Gasteiger partial charge in [0.25, 0.3) is 0 Å². The first-order chi connectivity index (χ1) is 21.6. The van der Waals surface area contributed by atoms with Gasteiger partial charge in [-0.3, -0.25) is 9.78 Å². The number of carboxylic acids is 1. The van der Waals surface area contributed by atoms with Crippen LogP contribution in [0.15, 0.2) is 30.5 Å². The number of anilines is 3. The van der Waals surface area contributed by atoms with Crippen molar-refractivity contribution < 1.29 is 9.90 Å². The van der Waals surface area contributed by atoms with E-state index in [2.05, 4.69) is 71.7 Å². The molecular formula is C36H47N7O2. The van der Waals surface area contributed by atoms with E-state index in [0.717, 1.165) is 104 Å². The molecule has 0 saturated carbocycles. The fraction of sp³-hybridized carbons (Fsp3) is 0.556. The zero-order valence-electron chi connectivity index (χ0n) is 27.5. The van der Waals surface area contributed by atoms with Gasteiger partial charge in [0.15, 0.2) is 0 Å². The molecule has 238 valence electrons. The van der Waals surface area contributed by atoms with Crippen molar-refractivity contribution in [2.45, 2.75) is 84.8 Å². The van der Waals surface area contributed by atoms with Crippen LogP contribution in [0.1, 0.15) is 67.6 Å². The molecule has 2 bridgehead atoms. The lowest BCUT2D eigenvalue weighted by atomic mass is 9.82. The van der Waals surface area contributed by atoms with Gasteiger partial charge in [0.2, 0.25) is 5.95 Å². The Balaban J connectivity index is 1.18. The number of carboxylic acid groups (broad SMARTS) is 1. The van der Waals surface area contributed by atoms with Gasteiger partial charge in [0.05, 0.1) is 12.1 Å². The molecule has 1 aromatic carbocycles. The molecule has 3 fully saturated rings. The van der Waals surface area contributed by atoms with Crippen molar-refractivity contribution in [3.8, 4) is 11.1 Å². The number of pyridine rings is 1. The van der Waals surface area contributed by atoms with Crippen LogP contribution in [0.4, 0.5) is 17.5 Å². The first-order valence-corrected chi connectivity index (χ1v) is 16.7. The Hall–Kier alpha value is -3.72. The predicted molar refractivity (Wildman–Crippen MR) is 179 cm³/mol. The van der Waals surface area contributed by atoms with E-state index >= 15 is 0 Å². The number of piperazine rings is 1. The molecule has 0 aliphatic carbocycles. The van der Waals surface area contributed by atoms with Gasteiger partial charge in [0.1, 0.15) is 5.82 Å². The van der Waals surface area contributed by atoms with Gasteiger partial charge in [-0.15, -0.1) is 0 Å². The van der Waals surface area contributed by atoms with Crippen molar-refractivity contribution in [3.05, 3.63) is 58.5 Å². The molecule has 6 heterocycles. The minimum atomic E-state index is -0.813. The summed E-state index contributed by atoms with van der Waals surface area (Å²) < 4.78 is 0. The molecule has 1 N–H and O–H groups in total. The number of likely N-dealkylation sites (tertiary alicyclic amines) is 1. The normalized spacial score (nSPS) is 22.9. The molecule has 4 aliphatic heterocycles. The van der Waals surface area contributed by atoms with Crippen molar-refractivity contribution in [3.63, 3.8) is 0 Å². The van der Waals surface area contributed by atoms with Crippen LogP contribution in [0.25, 0.3) is 11.1 Å². The molecular weight excluding hydrogens is 562 g/mol. The Labute approximate surface area is 267 Å². The predicted octanol–water partition coefficient (Wildman–Crippen LogP) is 5.25. The Bertz CT molecular complexity index is 1600. The van der Waals surface area contributed by atoms with Crippen molar-refractivity contribution in [1.29, 1.82) is 0 Å². The van der Waals surface area contributed by atoms with E-state index in [4.69, 9.17) is 15.0 Å². The number of aliphatic carboxylic acids is 1. The molecule has 4 aliphatic rings. The lowest BCUT2D eigenvalue weighted by molar-refractivity contribution is -0.136. The summed E-state index contributed by atoms with van der Waals surface area (Å²) >= 11 is 0.